The molecule has 0 atom stereocenters. The van der Waals surface area contributed by atoms with E-state index >= 15 is 0 Å². The normalized spacial score (nSPS) is 9.86. The van der Waals surface area contributed by atoms with Gasteiger partial charge in [-0.15, -0.1) is 12.4 Å². The fourth-order valence-corrected chi connectivity index (χ4v) is 1.83. The standard InChI is InChI=1S/C15H23ClN2O2.ClH/c1-12-11-13(6-7-14(12)16)20-10-4-5-15(19)18-9-3-2-8-17;/h6-7,11H,2-5,8-10,17H2,1H3,(H,18,19);1H. The van der Waals surface area contributed by atoms with Crippen molar-refractivity contribution in [3.8, 4) is 5.75 Å². The zero-order chi connectivity index (χ0) is 14.8. The van der Waals surface area contributed by atoms with Gasteiger partial charge in [-0.3, -0.25) is 4.79 Å². The van der Waals surface area contributed by atoms with Gasteiger partial charge in [0.1, 0.15) is 5.75 Å². The molecule has 1 amide bonds. The maximum Gasteiger partial charge on any atom is 0.220 e. The van der Waals surface area contributed by atoms with E-state index in [1.165, 1.54) is 0 Å². The Bertz CT molecular complexity index is 428. The number of carbonyl (C=O) groups excluding carboxylic acids is 1. The van der Waals surface area contributed by atoms with E-state index in [9.17, 15) is 4.79 Å². The van der Waals surface area contributed by atoms with E-state index in [0.29, 0.717) is 32.5 Å². The summed E-state index contributed by atoms with van der Waals surface area (Å²) in [6.07, 6.45) is 3.06. The van der Waals surface area contributed by atoms with E-state index in [2.05, 4.69) is 5.32 Å². The maximum atomic E-state index is 11.5. The van der Waals surface area contributed by atoms with Crippen LogP contribution in [-0.4, -0.2) is 25.6 Å². The van der Waals surface area contributed by atoms with Gasteiger partial charge in [0.15, 0.2) is 0 Å². The van der Waals surface area contributed by atoms with Crippen LogP contribution in [0.15, 0.2) is 18.2 Å². The van der Waals surface area contributed by atoms with Crippen molar-refractivity contribution >= 4 is 29.9 Å². The molecule has 0 spiro atoms. The molecule has 0 aliphatic rings. The van der Waals surface area contributed by atoms with Crippen LogP contribution < -0.4 is 15.8 Å². The van der Waals surface area contributed by atoms with Crippen LogP contribution in [0.2, 0.25) is 5.02 Å². The molecule has 0 bridgehead atoms. The summed E-state index contributed by atoms with van der Waals surface area (Å²) in [5.74, 6) is 0.855. The number of benzene rings is 1. The quantitative estimate of drug-likeness (QED) is 0.682. The smallest absolute Gasteiger partial charge is 0.220 e. The first-order chi connectivity index (χ1) is 9.63. The molecule has 4 nitrogen and oxygen atoms in total. The highest BCUT2D eigenvalue weighted by Gasteiger charge is 2.02. The van der Waals surface area contributed by atoms with Crippen LogP contribution in [-0.2, 0) is 4.79 Å². The predicted octanol–water partition coefficient (Wildman–Crippen LogP) is 3.08. The molecular formula is C15H24Cl2N2O2. The molecule has 1 rings (SSSR count). The molecule has 0 unspecified atom stereocenters. The van der Waals surface area contributed by atoms with E-state index in [1.807, 2.05) is 25.1 Å². The highest BCUT2D eigenvalue weighted by molar-refractivity contribution is 6.31. The second-order valence-electron chi connectivity index (χ2n) is 4.71. The molecule has 0 aliphatic carbocycles. The molecule has 0 saturated carbocycles. The van der Waals surface area contributed by atoms with Crippen LogP contribution in [0.25, 0.3) is 0 Å². The minimum Gasteiger partial charge on any atom is -0.494 e. The summed E-state index contributed by atoms with van der Waals surface area (Å²) in [4.78, 5) is 11.5. The fraction of sp³-hybridized carbons (Fsp3) is 0.533. The zero-order valence-corrected chi connectivity index (χ0v) is 13.9. The molecule has 0 aliphatic heterocycles. The zero-order valence-electron chi connectivity index (χ0n) is 12.4. The number of unbranched alkanes of at least 4 members (excludes halogenated alkanes) is 1. The van der Waals surface area contributed by atoms with Crippen LogP contribution in [0.4, 0.5) is 0 Å². The van der Waals surface area contributed by atoms with Crippen molar-refractivity contribution in [1.82, 2.24) is 5.32 Å². The van der Waals surface area contributed by atoms with Crippen LogP contribution in [0.5, 0.6) is 5.75 Å². The van der Waals surface area contributed by atoms with Crippen molar-refractivity contribution < 1.29 is 9.53 Å². The van der Waals surface area contributed by atoms with Gasteiger partial charge in [0.05, 0.1) is 6.61 Å². The number of nitrogens with one attached hydrogen (secondary N) is 1. The van der Waals surface area contributed by atoms with Crippen molar-refractivity contribution in [2.24, 2.45) is 5.73 Å². The SMILES string of the molecule is Cc1cc(OCCCC(=O)NCCCCN)ccc1Cl.Cl. The lowest BCUT2D eigenvalue weighted by atomic mass is 10.2. The summed E-state index contributed by atoms with van der Waals surface area (Å²) in [6, 6.07) is 5.55. The van der Waals surface area contributed by atoms with Crippen LogP contribution in [0.1, 0.15) is 31.2 Å². The monoisotopic (exact) mass is 334 g/mol. The number of nitrogens with two attached hydrogens (primary N) is 1. The van der Waals surface area contributed by atoms with Crippen LogP contribution in [0, 0.1) is 6.92 Å². The third kappa shape index (κ3) is 8.81. The summed E-state index contributed by atoms with van der Waals surface area (Å²) in [5, 5.41) is 3.60. The Balaban J connectivity index is 0.00000400. The summed E-state index contributed by atoms with van der Waals surface area (Å²) < 4.78 is 5.58. The summed E-state index contributed by atoms with van der Waals surface area (Å²) in [7, 11) is 0. The second-order valence-corrected chi connectivity index (χ2v) is 5.12. The Labute approximate surface area is 137 Å². The van der Waals surface area contributed by atoms with Gasteiger partial charge < -0.3 is 15.8 Å². The van der Waals surface area contributed by atoms with E-state index < -0.39 is 0 Å². The minimum absolute atomic E-state index is 0. The van der Waals surface area contributed by atoms with Gasteiger partial charge in [-0.25, -0.2) is 0 Å². The largest absolute Gasteiger partial charge is 0.494 e. The van der Waals surface area contributed by atoms with Gasteiger partial charge in [-0.2, -0.15) is 0 Å². The third-order valence-corrected chi connectivity index (χ3v) is 3.32. The summed E-state index contributed by atoms with van der Waals surface area (Å²) in [6.45, 7) is 3.83. The molecule has 0 saturated heterocycles. The second kappa shape index (κ2) is 11.7. The number of hydrogen-bond acceptors (Lipinski definition) is 3. The van der Waals surface area contributed by atoms with E-state index in [1.54, 1.807) is 0 Å². The number of hydrogen-bond donors (Lipinski definition) is 2. The van der Waals surface area contributed by atoms with Crippen molar-refractivity contribution in [3.63, 3.8) is 0 Å². The third-order valence-electron chi connectivity index (χ3n) is 2.90. The molecule has 1 aromatic rings. The Morgan fingerprint density at radius 1 is 1.33 bits per heavy atom. The van der Waals surface area contributed by atoms with Gasteiger partial charge in [-0.05, 0) is 56.5 Å². The van der Waals surface area contributed by atoms with E-state index in [4.69, 9.17) is 22.1 Å². The lowest BCUT2D eigenvalue weighted by Gasteiger charge is -2.08. The van der Waals surface area contributed by atoms with Gasteiger partial charge in [0.2, 0.25) is 5.91 Å². The predicted molar refractivity (Wildman–Crippen MR) is 89.5 cm³/mol. The Hall–Kier alpha value is -0.970. The number of carbonyl (C=O) groups is 1. The first kappa shape index (κ1) is 20.0. The Kier molecular flexibility index (Phi) is 11.1. The highest BCUT2D eigenvalue weighted by Crippen LogP contribution is 2.21. The van der Waals surface area contributed by atoms with Crippen molar-refractivity contribution in [1.29, 1.82) is 0 Å². The topological polar surface area (TPSA) is 64.3 Å². The molecule has 21 heavy (non-hydrogen) atoms. The molecule has 0 fully saturated rings. The number of amides is 1. The van der Waals surface area contributed by atoms with Crippen molar-refractivity contribution in [2.45, 2.75) is 32.6 Å². The number of halogens is 2. The number of ether oxygens (including phenoxy) is 1. The lowest BCUT2D eigenvalue weighted by molar-refractivity contribution is -0.121. The molecular weight excluding hydrogens is 311 g/mol. The van der Waals surface area contributed by atoms with Crippen LogP contribution in [0.3, 0.4) is 0 Å². The molecule has 1 aromatic carbocycles. The van der Waals surface area contributed by atoms with Crippen molar-refractivity contribution in [3.05, 3.63) is 28.8 Å². The van der Waals surface area contributed by atoms with Gasteiger partial charge in [0, 0.05) is 18.0 Å². The number of rotatable bonds is 9. The molecule has 0 aromatic heterocycles. The first-order valence-electron chi connectivity index (χ1n) is 6.99. The Morgan fingerprint density at radius 3 is 2.76 bits per heavy atom. The van der Waals surface area contributed by atoms with E-state index in [0.717, 1.165) is 29.2 Å². The molecule has 3 N–H and O–H groups in total. The molecule has 0 radical (unpaired) electrons. The molecule has 6 heteroatoms. The first-order valence-corrected chi connectivity index (χ1v) is 7.37. The Morgan fingerprint density at radius 2 is 2.10 bits per heavy atom. The van der Waals surface area contributed by atoms with Crippen LogP contribution >= 0.6 is 24.0 Å². The fourth-order valence-electron chi connectivity index (χ4n) is 1.72. The van der Waals surface area contributed by atoms with Gasteiger partial charge in [-0.1, -0.05) is 11.6 Å². The number of aryl methyl sites for hydroxylation is 1. The molecule has 0 heterocycles. The van der Waals surface area contributed by atoms with E-state index in [-0.39, 0.29) is 18.3 Å². The summed E-state index contributed by atoms with van der Waals surface area (Å²) in [5.41, 5.74) is 6.37. The summed E-state index contributed by atoms with van der Waals surface area (Å²) >= 11 is 5.94. The average molecular weight is 335 g/mol. The van der Waals surface area contributed by atoms with Gasteiger partial charge >= 0.3 is 0 Å². The minimum atomic E-state index is 0. The maximum absolute atomic E-state index is 11.5. The van der Waals surface area contributed by atoms with Crippen molar-refractivity contribution in [2.75, 3.05) is 19.7 Å². The average Bonchev–Trinajstić information content (AvgIpc) is 2.43. The molecule has 120 valence electrons. The van der Waals surface area contributed by atoms with Gasteiger partial charge in [0.25, 0.3) is 0 Å². The highest BCUT2D eigenvalue weighted by atomic mass is 35.5. The lowest BCUT2D eigenvalue weighted by Crippen LogP contribution is -2.25.